The molecule has 0 unspecified atom stereocenters. The first-order valence-corrected chi connectivity index (χ1v) is 10.9. The number of benzene rings is 3. The first kappa shape index (κ1) is 20.9. The van der Waals surface area contributed by atoms with Gasteiger partial charge in [0.25, 0.3) is 5.91 Å². The Morgan fingerprint density at radius 1 is 1.03 bits per heavy atom. The van der Waals surface area contributed by atoms with E-state index in [-0.39, 0.29) is 17.7 Å². The number of nitrogens with one attached hydrogen (secondary N) is 1. The van der Waals surface area contributed by atoms with E-state index in [0.29, 0.717) is 18.7 Å². The van der Waals surface area contributed by atoms with Gasteiger partial charge < -0.3 is 15.0 Å². The lowest BCUT2D eigenvalue weighted by atomic mass is 9.95. The summed E-state index contributed by atoms with van der Waals surface area (Å²) in [5.74, 6) is 0.480. The van der Waals surface area contributed by atoms with Gasteiger partial charge in [0.1, 0.15) is 5.75 Å². The van der Waals surface area contributed by atoms with Crippen LogP contribution in [0.15, 0.2) is 60.7 Å². The van der Waals surface area contributed by atoms with Crippen LogP contribution >= 0.6 is 0 Å². The second kappa shape index (κ2) is 9.21. The molecule has 160 valence electrons. The fraction of sp³-hybridized carbons (Fsp3) is 0.308. The van der Waals surface area contributed by atoms with Gasteiger partial charge in [-0.3, -0.25) is 9.59 Å². The summed E-state index contributed by atoms with van der Waals surface area (Å²) < 4.78 is 5.45. The van der Waals surface area contributed by atoms with Crippen molar-refractivity contribution in [3.63, 3.8) is 0 Å². The number of aryl methyl sites for hydroxylation is 1. The van der Waals surface area contributed by atoms with E-state index < -0.39 is 0 Å². The lowest BCUT2D eigenvalue weighted by Crippen LogP contribution is -2.43. The van der Waals surface area contributed by atoms with Gasteiger partial charge in [0.15, 0.2) is 0 Å². The van der Waals surface area contributed by atoms with E-state index in [1.807, 2.05) is 65.6 Å². The summed E-state index contributed by atoms with van der Waals surface area (Å²) in [6.07, 6.45) is 2.46. The van der Waals surface area contributed by atoms with Crippen LogP contribution in [0.4, 0.5) is 5.69 Å². The van der Waals surface area contributed by atoms with Gasteiger partial charge in [-0.15, -0.1) is 0 Å². The van der Waals surface area contributed by atoms with E-state index in [2.05, 4.69) is 12.2 Å². The van der Waals surface area contributed by atoms with E-state index >= 15 is 0 Å². The molecule has 1 aliphatic rings. The van der Waals surface area contributed by atoms with Gasteiger partial charge in [-0.25, -0.2) is 0 Å². The van der Waals surface area contributed by atoms with Crippen molar-refractivity contribution in [1.82, 2.24) is 4.90 Å². The third kappa shape index (κ3) is 4.26. The van der Waals surface area contributed by atoms with Gasteiger partial charge in [-0.05, 0) is 48.4 Å². The van der Waals surface area contributed by atoms with Crippen molar-refractivity contribution in [3.8, 4) is 5.75 Å². The number of anilines is 1. The van der Waals surface area contributed by atoms with Crippen LogP contribution in [-0.4, -0.2) is 36.9 Å². The quantitative estimate of drug-likeness (QED) is 0.643. The summed E-state index contributed by atoms with van der Waals surface area (Å²) in [5.41, 5.74) is 2.62. The molecule has 5 nitrogen and oxygen atoms in total. The normalized spacial score (nSPS) is 16.2. The fourth-order valence-corrected chi connectivity index (χ4v) is 4.37. The Hall–Kier alpha value is -3.34. The van der Waals surface area contributed by atoms with Gasteiger partial charge in [0.05, 0.1) is 13.0 Å². The fourth-order valence-electron chi connectivity index (χ4n) is 4.37. The molecule has 3 aromatic rings. The summed E-state index contributed by atoms with van der Waals surface area (Å²) in [6.45, 7) is 3.17. The van der Waals surface area contributed by atoms with Gasteiger partial charge in [-0.1, -0.05) is 49.4 Å². The Kier molecular flexibility index (Phi) is 6.21. The number of amides is 2. The molecule has 0 radical (unpaired) electrons. The topological polar surface area (TPSA) is 58.6 Å². The van der Waals surface area contributed by atoms with Crippen LogP contribution in [0, 0.1) is 5.92 Å². The van der Waals surface area contributed by atoms with Crippen molar-refractivity contribution >= 4 is 28.3 Å². The Bertz CT molecular complexity index is 1110. The summed E-state index contributed by atoms with van der Waals surface area (Å²) in [7, 11) is 1.63. The smallest absolute Gasteiger partial charge is 0.254 e. The van der Waals surface area contributed by atoms with Crippen LogP contribution in [0.2, 0.25) is 0 Å². The highest BCUT2D eigenvalue weighted by molar-refractivity contribution is 6.08. The minimum absolute atomic E-state index is 0.0158. The molecular formula is C26H28N2O3. The van der Waals surface area contributed by atoms with Crippen molar-refractivity contribution in [3.05, 3.63) is 71.8 Å². The first-order chi connectivity index (χ1) is 15.1. The van der Waals surface area contributed by atoms with Crippen molar-refractivity contribution < 1.29 is 14.3 Å². The third-order valence-electron chi connectivity index (χ3n) is 6.07. The number of ether oxygens (including phenoxy) is 1. The number of piperidine rings is 1. The SMILES string of the molecule is CCc1ccccc1NC(=O)[C@H]1CCCN(C(=O)c2ccc(OC)c3ccccc23)C1. The average molecular weight is 417 g/mol. The van der Waals surface area contributed by atoms with E-state index in [9.17, 15) is 9.59 Å². The number of hydrogen-bond acceptors (Lipinski definition) is 3. The van der Waals surface area contributed by atoms with Gasteiger partial charge in [-0.2, -0.15) is 0 Å². The molecule has 31 heavy (non-hydrogen) atoms. The number of likely N-dealkylation sites (tertiary alicyclic amines) is 1. The molecule has 1 aliphatic heterocycles. The molecule has 1 saturated heterocycles. The largest absolute Gasteiger partial charge is 0.496 e. The number of nitrogens with zero attached hydrogens (tertiary/aromatic N) is 1. The lowest BCUT2D eigenvalue weighted by Gasteiger charge is -2.32. The zero-order valence-electron chi connectivity index (χ0n) is 18.1. The average Bonchev–Trinajstić information content (AvgIpc) is 2.83. The number of hydrogen-bond donors (Lipinski definition) is 1. The van der Waals surface area contributed by atoms with Crippen LogP contribution in [-0.2, 0) is 11.2 Å². The maximum absolute atomic E-state index is 13.4. The molecule has 0 bridgehead atoms. The maximum Gasteiger partial charge on any atom is 0.254 e. The summed E-state index contributed by atoms with van der Waals surface area (Å²) >= 11 is 0. The molecule has 2 amide bonds. The summed E-state index contributed by atoms with van der Waals surface area (Å²) in [4.78, 5) is 28.2. The number of para-hydroxylation sites is 1. The standard InChI is InChI=1S/C26H28N2O3/c1-3-18-9-4-7-13-23(18)27-25(29)19-10-8-16-28(17-19)26(30)22-14-15-24(31-2)21-12-6-5-11-20(21)22/h4-7,9,11-15,19H,3,8,10,16-17H2,1-2H3,(H,27,29)/t19-/m0/s1. The van der Waals surface area contributed by atoms with E-state index in [0.717, 1.165) is 47.0 Å². The van der Waals surface area contributed by atoms with Crippen LogP contribution in [0.3, 0.4) is 0 Å². The number of carbonyl (C=O) groups is 2. The van der Waals surface area contributed by atoms with E-state index in [4.69, 9.17) is 4.74 Å². The molecule has 1 atom stereocenters. The summed E-state index contributed by atoms with van der Waals surface area (Å²) in [5, 5.41) is 4.87. The second-order valence-electron chi connectivity index (χ2n) is 7.95. The van der Waals surface area contributed by atoms with Crippen LogP contribution < -0.4 is 10.1 Å². The Labute approximate surface area is 183 Å². The predicted octanol–water partition coefficient (Wildman–Crippen LogP) is 4.90. The van der Waals surface area contributed by atoms with E-state index in [1.54, 1.807) is 7.11 Å². The number of methoxy groups -OCH3 is 1. The Morgan fingerprint density at radius 2 is 1.77 bits per heavy atom. The van der Waals surface area contributed by atoms with Crippen LogP contribution in [0.5, 0.6) is 5.75 Å². The molecule has 3 aromatic carbocycles. The molecule has 0 aliphatic carbocycles. The lowest BCUT2D eigenvalue weighted by molar-refractivity contribution is -0.121. The van der Waals surface area contributed by atoms with Crippen molar-refractivity contribution in [2.24, 2.45) is 5.92 Å². The molecule has 1 N–H and O–H groups in total. The highest BCUT2D eigenvalue weighted by Crippen LogP contribution is 2.30. The maximum atomic E-state index is 13.4. The second-order valence-corrected chi connectivity index (χ2v) is 7.95. The zero-order chi connectivity index (χ0) is 21.8. The number of carbonyl (C=O) groups excluding carboxylic acids is 2. The van der Waals surface area contributed by atoms with E-state index in [1.165, 1.54) is 0 Å². The highest BCUT2D eigenvalue weighted by Gasteiger charge is 2.30. The molecular weight excluding hydrogens is 388 g/mol. The predicted molar refractivity (Wildman–Crippen MR) is 124 cm³/mol. The molecule has 0 saturated carbocycles. The van der Waals surface area contributed by atoms with Crippen molar-refractivity contribution in [1.29, 1.82) is 0 Å². The van der Waals surface area contributed by atoms with Crippen LogP contribution in [0.25, 0.3) is 10.8 Å². The number of fused-ring (bicyclic) bond motifs is 1. The molecule has 4 rings (SSSR count). The molecule has 5 heteroatoms. The molecule has 0 spiro atoms. The monoisotopic (exact) mass is 416 g/mol. The molecule has 1 heterocycles. The number of rotatable bonds is 5. The minimum Gasteiger partial charge on any atom is -0.496 e. The van der Waals surface area contributed by atoms with Crippen LogP contribution in [0.1, 0.15) is 35.7 Å². The molecule has 1 fully saturated rings. The Morgan fingerprint density at radius 3 is 2.55 bits per heavy atom. The minimum atomic E-state index is -0.216. The highest BCUT2D eigenvalue weighted by atomic mass is 16.5. The summed E-state index contributed by atoms with van der Waals surface area (Å²) in [6, 6.07) is 19.3. The zero-order valence-corrected chi connectivity index (χ0v) is 18.1. The van der Waals surface area contributed by atoms with Gasteiger partial charge in [0.2, 0.25) is 5.91 Å². The molecule has 0 aromatic heterocycles. The van der Waals surface area contributed by atoms with Gasteiger partial charge in [0, 0.05) is 29.7 Å². The third-order valence-corrected chi connectivity index (χ3v) is 6.07. The van der Waals surface area contributed by atoms with Crippen molar-refractivity contribution in [2.45, 2.75) is 26.2 Å². The van der Waals surface area contributed by atoms with Gasteiger partial charge >= 0.3 is 0 Å². The first-order valence-electron chi connectivity index (χ1n) is 10.9. The Balaban J connectivity index is 1.53. The van der Waals surface area contributed by atoms with Crippen molar-refractivity contribution in [2.75, 3.05) is 25.5 Å².